The summed E-state index contributed by atoms with van der Waals surface area (Å²) in [6.07, 6.45) is 5.38. The predicted octanol–water partition coefficient (Wildman–Crippen LogP) is 3.35. The molecule has 112 valence electrons. The highest BCUT2D eigenvalue weighted by molar-refractivity contribution is 7.03. The summed E-state index contributed by atoms with van der Waals surface area (Å²) in [6.45, 7) is 1.83. The van der Waals surface area contributed by atoms with Crippen molar-refractivity contribution in [2.75, 3.05) is 5.32 Å². The normalized spacial score (nSPS) is 13.8. The van der Waals surface area contributed by atoms with Crippen molar-refractivity contribution in [2.24, 2.45) is 0 Å². The molecule has 0 atom stereocenters. The fourth-order valence-electron chi connectivity index (χ4n) is 2.78. The monoisotopic (exact) mass is 311 g/mol. The zero-order valence-electron chi connectivity index (χ0n) is 12.2. The van der Waals surface area contributed by atoms with Gasteiger partial charge >= 0.3 is 0 Å². The molecule has 5 nitrogen and oxygen atoms in total. The summed E-state index contributed by atoms with van der Waals surface area (Å²) in [5, 5.41) is 14.2. The first-order valence-electron chi connectivity index (χ1n) is 7.55. The van der Waals surface area contributed by atoms with Crippen LogP contribution in [0.25, 0.3) is 11.4 Å². The number of aryl methyl sites for hydroxylation is 1. The van der Waals surface area contributed by atoms with Crippen molar-refractivity contribution in [3.63, 3.8) is 0 Å². The molecule has 0 unspecified atom stereocenters. The summed E-state index contributed by atoms with van der Waals surface area (Å²) in [5.74, 6) is 2.11. The topological polar surface area (TPSA) is 55.6 Å². The number of hydrogen-bond donors (Lipinski definition) is 1. The Balaban J connectivity index is 1.51. The molecule has 0 fully saturated rings. The lowest BCUT2D eigenvalue weighted by Gasteiger charge is -2.14. The largest absolute Gasteiger partial charge is 0.381 e. The van der Waals surface area contributed by atoms with Crippen LogP contribution in [0.4, 0.5) is 5.69 Å². The molecule has 6 heteroatoms. The van der Waals surface area contributed by atoms with Gasteiger partial charge in [0, 0.05) is 47.9 Å². The highest BCUT2D eigenvalue weighted by Crippen LogP contribution is 2.24. The SMILES string of the molecule is c1nscc1CNc1ccc(-c2nnc3n2CCCC3)cc1. The number of aromatic nitrogens is 4. The van der Waals surface area contributed by atoms with Crippen LogP contribution in [0.15, 0.2) is 35.8 Å². The van der Waals surface area contributed by atoms with Gasteiger partial charge in [0.25, 0.3) is 0 Å². The maximum atomic E-state index is 4.37. The van der Waals surface area contributed by atoms with E-state index in [-0.39, 0.29) is 0 Å². The summed E-state index contributed by atoms with van der Waals surface area (Å²) < 4.78 is 6.36. The molecule has 0 aliphatic carbocycles. The number of anilines is 1. The van der Waals surface area contributed by atoms with Crippen molar-refractivity contribution in [3.8, 4) is 11.4 Å². The number of nitrogens with one attached hydrogen (secondary N) is 1. The van der Waals surface area contributed by atoms with E-state index in [1.54, 1.807) is 0 Å². The number of rotatable bonds is 4. The maximum Gasteiger partial charge on any atom is 0.163 e. The molecule has 4 rings (SSSR count). The van der Waals surface area contributed by atoms with E-state index in [1.807, 2.05) is 6.20 Å². The van der Waals surface area contributed by atoms with Crippen molar-refractivity contribution < 1.29 is 0 Å². The number of fused-ring (bicyclic) bond motifs is 1. The van der Waals surface area contributed by atoms with Crippen LogP contribution in [0, 0.1) is 0 Å². The first kappa shape index (κ1) is 13.5. The highest BCUT2D eigenvalue weighted by Gasteiger charge is 2.16. The summed E-state index contributed by atoms with van der Waals surface area (Å²) in [5.41, 5.74) is 3.44. The standard InChI is InChI=1S/C16H17N5S/c1-2-8-21-15(3-1)19-20-16(21)13-4-6-14(7-5-13)17-9-12-10-18-22-11-12/h4-7,10-11,17H,1-3,8-9H2. The average molecular weight is 311 g/mol. The molecule has 2 aromatic heterocycles. The van der Waals surface area contributed by atoms with Crippen molar-refractivity contribution in [1.82, 2.24) is 19.1 Å². The zero-order valence-corrected chi connectivity index (χ0v) is 13.0. The van der Waals surface area contributed by atoms with Crippen LogP contribution in [0.2, 0.25) is 0 Å². The van der Waals surface area contributed by atoms with Gasteiger partial charge < -0.3 is 9.88 Å². The fraction of sp³-hybridized carbons (Fsp3) is 0.312. The number of nitrogens with zero attached hydrogens (tertiary/aromatic N) is 4. The summed E-state index contributed by atoms with van der Waals surface area (Å²) in [4.78, 5) is 0. The van der Waals surface area contributed by atoms with Crippen LogP contribution in [0.1, 0.15) is 24.2 Å². The van der Waals surface area contributed by atoms with E-state index < -0.39 is 0 Å². The second-order valence-corrected chi connectivity index (χ2v) is 6.17. The number of benzene rings is 1. The lowest BCUT2D eigenvalue weighted by molar-refractivity contribution is 0.526. The second-order valence-electron chi connectivity index (χ2n) is 5.51. The molecule has 1 aliphatic rings. The van der Waals surface area contributed by atoms with E-state index in [0.717, 1.165) is 42.4 Å². The molecule has 0 bridgehead atoms. The summed E-state index contributed by atoms with van der Waals surface area (Å²) in [6, 6.07) is 8.42. The molecule has 22 heavy (non-hydrogen) atoms. The van der Waals surface area contributed by atoms with Crippen LogP contribution >= 0.6 is 11.5 Å². The van der Waals surface area contributed by atoms with E-state index >= 15 is 0 Å². The Morgan fingerprint density at radius 1 is 1.14 bits per heavy atom. The Morgan fingerprint density at radius 3 is 2.86 bits per heavy atom. The summed E-state index contributed by atoms with van der Waals surface area (Å²) >= 11 is 1.48. The van der Waals surface area contributed by atoms with E-state index in [9.17, 15) is 0 Å². The molecule has 1 aliphatic heterocycles. The molecule has 1 N–H and O–H groups in total. The van der Waals surface area contributed by atoms with E-state index in [2.05, 4.69) is 54.1 Å². The average Bonchev–Trinajstić information content (AvgIpc) is 3.23. The van der Waals surface area contributed by atoms with Crippen LogP contribution in [0.5, 0.6) is 0 Å². The molecule has 0 saturated heterocycles. The van der Waals surface area contributed by atoms with Gasteiger partial charge in [0.05, 0.1) is 0 Å². The Bertz CT molecular complexity index is 745. The van der Waals surface area contributed by atoms with Crippen LogP contribution in [0.3, 0.4) is 0 Å². The zero-order chi connectivity index (χ0) is 14.8. The third kappa shape index (κ3) is 2.62. The van der Waals surface area contributed by atoms with Gasteiger partial charge in [0.2, 0.25) is 0 Å². The third-order valence-electron chi connectivity index (χ3n) is 3.98. The molecular weight excluding hydrogens is 294 g/mol. The van der Waals surface area contributed by atoms with Crippen LogP contribution in [-0.2, 0) is 19.5 Å². The molecule has 0 saturated carbocycles. The fourth-order valence-corrected chi connectivity index (χ4v) is 3.31. The first-order valence-corrected chi connectivity index (χ1v) is 8.38. The van der Waals surface area contributed by atoms with Gasteiger partial charge in [0.1, 0.15) is 5.82 Å². The van der Waals surface area contributed by atoms with Gasteiger partial charge in [0.15, 0.2) is 5.82 Å². The smallest absolute Gasteiger partial charge is 0.163 e. The third-order valence-corrected chi connectivity index (χ3v) is 4.62. The van der Waals surface area contributed by atoms with Gasteiger partial charge in [-0.25, -0.2) is 4.37 Å². The van der Waals surface area contributed by atoms with E-state index in [4.69, 9.17) is 0 Å². The van der Waals surface area contributed by atoms with Gasteiger partial charge in [-0.2, -0.15) is 0 Å². The Hall–Kier alpha value is -2.21. The van der Waals surface area contributed by atoms with E-state index in [1.165, 1.54) is 29.9 Å². The lowest BCUT2D eigenvalue weighted by atomic mass is 10.1. The minimum absolute atomic E-state index is 0.802. The van der Waals surface area contributed by atoms with Crippen molar-refractivity contribution in [3.05, 3.63) is 47.2 Å². The minimum atomic E-state index is 0.802. The molecule has 3 aromatic rings. The van der Waals surface area contributed by atoms with Crippen LogP contribution < -0.4 is 5.32 Å². The van der Waals surface area contributed by atoms with Gasteiger partial charge in [-0.3, -0.25) is 0 Å². The molecule has 1 aromatic carbocycles. The molecule has 0 radical (unpaired) electrons. The maximum absolute atomic E-state index is 4.37. The molecule has 3 heterocycles. The Morgan fingerprint density at radius 2 is 2.05 bits per heavy atom. The molecule has 0 amide bonds. The van der Waals surface area contributed by atoms with Crippen molar-refractivity contribution >= 4 is 17.2 Å². The minimum Gasteiger partial charge on any atom is -0.381 e. The van der Waals surface area contributed by atoms with E-state index in [0.29, 0.717) is 0 Å². The Kier molecular flexibility index (Phi) is 3.60. The summed E-state index contributed by atoms with van der Waals surface area (Å²) in [7, 11) is 0. The molecular formula is C16H17N5S. The lowest BCUT2D eigenvalue weighted by Crippen LogP contribution is -2.11. The quantitative estimate of drug-likeness (QED) is 0.803. The van der Waals surface area contributed by atoms with Crippen molar-refractivity contribution in [1.29, 1.82) is 0 Å². The highest BCUT2D eigenvalue weighted by atomic mass is 32.1. The second kappa shape index (κ2) is 5.88. The first-order chi connectivity index (χ1) is 10.9. The predicted molar refractivity (Wildman–Crippen MR) is 87.8 cm³/mol. The van der Waals surface area contributed by atoms with Gasteiger partial charge in [-0.15, -0.1) is 10.2 Å². The number of hydrogen-bond acceptors (Lipinski definition) is 5. The molecule has 0 spiro atoms. The van der Waals surface area contributed by atoms with Crippen molar-refractivity contribution in [2.45, 2.75) is 32.4 Å². The van der Waals surface area contributed by atoms with Gasteiger partial charge in [-0.05, 0) is 48.6 Å². The van der Waals surface area contributed by atoms with Gasteiger partial charge in [-0.1, -0.05) is 0 Å². The Labute approximate surface area is 133 Å². The van der Waals surface area contributed by atoms with Crippen LogP contribution in [-0.4, -0.2) is 19.1 Å².